The fourth-order valence-electron chi connectivity index (χ4n) is 1.71. The quantitative estimate of drug-likeness (QED) is 0.497. The van der Waals surface area contributed by atoms with Crippen LogP contribution < -0.4 is 0 Å². The molecule has 0 saturated heterocycles. The van der Waals surface area contributed by atoms with Crippen LogP contribution in [0.2, 0.25) is 0 Å². The Morgan fingerprint density at radius 3 is 1.74 bits per heavy atom. The summed E-state index contributed by atoms with van der Waals surface area (Å²) in [4.78, 5) is 0. The monoisotopic (exact) mass is 312 g/mol. The van der Waals surface area contributed by atoms with Crippen LogP contribution in [0.25, 0.3) is 0 Å². The van der Waals surface area contributed by atoms with Crippen molar-refractivity contribution in [2.24, 2.45) is 0 Å². The van der Waals surface area contributed by atoms with Crippen LogP contribution >= 0.6 is 0 Å². The van der Waals surface area contributed by atoms with E-state index in [-0.39, 0.29) is 5.75 Å². The van der Waals surface area contributed by atoms with Crippen LogP contribution in [0.4, 0.5) is 0 Å². The molecule has 6 heteroatoms. The van der Waals surface area contributed by atoms with Gasteiger partial charge in [0.1, 0.15) is 0 Å². The van der Waals surface area contributed by atoms with Gasteiger partial charge in [0.15, 0.2) is 20.9 Å². The van der Waals surface area contributed by atoms with Crippen LogP contribution in [0.3, 0.4) is 0 Å². The maximum atomic E-state index is 11.8. The fourth-order valence-corrected chi connectivity index (χ4v) is 3.36. The lowest BCUT2D eigenvalue weighted by Crippen LogP contribution is -2.30. The highest BCUT2D eigenvalue weighted by Crippen LogP contribution is 2.18. The molecule has 0 heterocycles. The summed E-state index contributed by atoms with van der Waals surface area (Å²) in [6.45, 7) is 5.23. The summed E-state index contributed by atoms with van der Waals surface area (Å²) < 4.78 is 42.0. The molecule has 0 radical (unpaired) electrons. The molecule has 0 amide bonds. The van der Waals surface area contributed by atoms with Crippen molar-refractivity contribution in [1.82, 2.24) is 0 Å². The molecule has 0 spiro atoms. The number of hydrogen-bond donors (Lipinski definition) is 1. The summed E-state index contributed by atoms with van der Waals surface area (Å²) in [5.74, 6) is 0.643. The number of unbranched alkanes of at least 4 members (excludes halogenated alkanes) is 6. The molecule has 0 aromatic carbocycles. The minimum absolute atomic E-state index is 0.278. The third-order valence-corrected chi connectivity index (χ3v) is 6.50. The Balaban J connectivity index is 3.49. The molecule has 19 heavy (non-hydrogen) atoms. The highest BCUT2D eigenvalue weighted by Gasteiger charge is 2.27. The third kappa shape index (κ3) is 9.57. The van der Waals surface area contributed by atoms with Gasteiger partial charge in [0, 0.05) is 5.75 Å². The summed E-state index contributed by atoms with van der Waals surface area (Å²) in [7, 11) is -2.97. The van der Waals surface area contributed by atoms with Gasteiger partial charge in [-0.3, -0.25) is 0 Å². The summed E-state index contributed by atoms with van der Waals surface area (Å²) in [5, 5.41) is 0. The molecule has 0 saturated carbocycles. The molecule has 0 fully saturated rings. The molecule has 0 aliphatic rings. The Bertz CT molecular complexity index is 355. The smallest absolute Gasteiger partial charge is 0.155 e. The summed E-state index contributed by atoms with van der Waals surface area (Å²) in [6, 6.07) is 0. The molecular formula is C13H28O4S2. The Labute approximate surface area is 120 Å². The predicted molar refractivity (Wildman–Crippen MR) is 81.5 cm³/mol. The molecule has 0 bridgehead atoms. The fraction of sp³-hybridized carbons (Fsp3) is 1.00. The Morgan fingerprint density at radius 1 is 0.895 bits per heavy atom. The van der Waals surface area contributed by atoms with Crippen LogP contribution in [-0.4, -0.2) is 33.4 Å². The zero-order valence-electron chi connectivity index (χ0n) is 12.4. The predicted octanol–water partition coefficient (Wildman–Crippen LogP) is 3.15. The average molecular weight is 312 g/mol. The zero-order valence-corrected chi connectivity index (χ0v) is 14.0. The molecule has 0 aliphatic carbocycles. The van der Waals surface area contributed by atoms with Crippen molar-refractivity contribution >= 4 is 20.9 Å². The van der Waals surface area contributed by atoms with E-state index in [9.17, 15) is 12.6 Å². The lowest BCUT2D eigenvalue weighted by atomic mass is 10.1. The van der Waals surface area contributed by atoms with Gasteiger partial charge in [-0.05, 0) is 33.6 Å². The van der Waals surface area contributed by atoms with Gasteiger partial charge >= 0.3 is 0 Å². The summed E-state index contributed by atoms with van der Waals surface area (Å²) in [6.07, 6.45) is 6.63. The summed E-state index contributed by atoms with van der Waals surface area (Å²) >= 11 is -1.66. The SMILES string of the molecule is CC(C)(C)S(=O)(=O)CCCCCCCCCS(=O)O. The second-order valence-corrected chi connectivity index (χ2v) is 9.85. The Hall–Kier alpha value is 0.0600. The van der Waals surface area contributed by atoms with E-state index in [4.69, 9.17) is 4.55 Å². The third-order valence-electron chi connectivity index (χ3n) is 3.17. The van der Waals surface area contributed by atoms with Crippen LogP contribution in [0.1, 0.15) is 65.7 Å². The van der Waals surface area contributed by atoms with Gasteiger partial charge < -0.3 is 4.55 Å². The van der Waals surface area contributed by atoms with Gasteiger partial charge in [-0.15, -0.1) is 0 Å². The molecule has 1 atom stereocenters. The maximum Gasteiger partial charge on any atom is 0.155 e. The molecular weight excluding hydrogens is 284 g/mol. The molecule has 0 aromatic rings. The van der Waals surface area contributed by atoms with Crippen molar-refractivity contribution in [2.45, 2.75) is 70.5 Å². The minimum Gasteiger partial charge on any atom is -0.306 e. The van der Waals surface area contributed by atoms with Gasteiger partial charge in [-0.1, -0.05) is 32.1 Å². The zero-order chi connectivity index (χ0) is 14.9. The van der Waals surface area contributed by atoms with Gasteiger partial charge in [0.05, 0.1) is 10.5 Å². The van der Waals surface area contributed by atoms with Gasteiger partial charge in [-0.25, -0.2) is 12.6 Å². The highest BCUT2D eigenvalue weighted by atomic mass is 32.2. The Morgan fingerprint density at radius 2 is 1.32 bits per heavy atom. The van der Waals surface area contributed by atoms with E-state index in [1.807, 2.05) is 0 Å². The average Bonchev–Trinajstić information content (AvgIpc) is 2.24. The van der Waals surface area contributed by atoms with Crippen molar-refractivity contribution in [1.29, 1.82) is 0 Å². The van der Waals surface area contributed by atoms with Crippen LogP contribution in [0.15, 0.2) is 0 Å². The van der Waals surface area contributed by atoms with Crippen molar-refractivity contribution in [3.05, 3.63) is 0 Å². The Kier molecular flexibility index (Phi) is 9.11. The first-order valence-electron chi connectivity index (χ1n) is 6.96. The molecule has 116 valence electrons. The van der Waals surface area contributed by atoms with E-state index in [2.05, 4.69) is 0 Å². The van der Waals surface area contributed by atoms with E-state index in [0.29, 0.717) is 5.75 Å². The molecule has 4 nitrogen and oxygen atoms in total. The highest BCUT2D eigenvalue weighted by molar-refractivity contribution is 7.92. The van der Waals surface area contributed by atoms with E-state index in [0.717, 1.165) is 44.9 Å². The van der Waals surface area contributed by atoms with Gasteiger partial charge in [-0.2, -0.15) is 0 Å². The topological polar surface area (TPSA) is 71.4 Å². The van der Waals surface area contributed by atoms with E-state index < -0.39 is 25.7 Å². The first kappa shape index (κ1) is 19.1. The molecule has 1 N–H and O–H groups in total. The second-order valence-electron chi connectivity index (χ2n) is 5.93. The minimum atomic E-state index is -2.97. The van der Waals surface area contributed by atoms with E-state index in [1.165, 1.54) is 0 Å². The standard InChI is InChI=1S/C13H28O4S2/c1-13(2,3)19(16,17)12-10-8-6-4-5-7-9-11-18(14)15/h4-12H2,1-3H3,(H,14,15). The number of hydrogen-bond acceptors (Lipinski definition) is 3. The van der Waals surface area contributed by atoms with Crippen LogP contribution in [-0.2, 0) is 20.9 Å². The number of rotatable bonds is 10. The van der Waals surface area contributed by atoms with Gasteiger partial charge in [0.25, 0.3) is 0 Å². The van der Waals surface area contributed by atoms with Crippen molar-refractivity contribution < 1.29 is 17.2 Å². The van der Waals surface area contributed by atoms with Crippen molar-refractivity contribution in [3.8, 4) is 0 Å². The lowest BCUT2D eigenvalue weighted by Gasteiger charge is -2.18. The maximum absolute atomic E-state index is 11.8. The number of sulfone groups is 1. The lowest BCUT2D eigenvalue weighted by molar-refractivity contribution is 0.548. The van der Waals surface area contributed by atoms with Crippen LogP contribution in [0.5, 0.6) is 0 Å². The first-order valence-corrected chi connectivity index (χ1v) is 9.89. The largest absolute Gasteiger partial charge is 0.306 e. The van der Waals surface area contributed by atoms with E-state index in [1.54, 1.807) is 20.8 Å². The molecule has 0 rings (SSSR count). The van der Waals surface area contributed by atoms with Gasteiger partial charge in [0.2, 0.25) is 0 Å². The van der Waals surface area contributed by atoms with Crippen molar-refractivity contribution in [2.75, 3.05) is 11.5 Å². The molecule has 1 unspecified atom stereocenters. The normalized spacial score (nSPS) is 14.5. The summed E-state index contributed by atoms with van der Waals surface area (Å²) in [5.41, 5.74) is 0. The van der Waals surface area contributed by atoms with E-state index >= 15 is 0 Å². The first-order chi connectivity index (χ1) is 8.67. The van der Waals surface area contributed by atoms with Crippen LogP contribution in [0, 0.1) is 0 Å². The molecule has 0 aromatic heterocycles. The van der Waals surface area contributed by atoms with Crippen molar-refractivity contribution in [3.63, 3.8) is 0 Å². The molecule has 0 aliphatic heterocycles. The second kappa shape index (κ2) is 9.08.